The topological polar surface area (TPSA) is 13.7 Å². The second-order valence-electron chi connectivity index (χ2n) is 5.49. The number of hydrogen-bond donors (Lipinski definition) is 1. The van der Waals surface area contributed by atoms with Gasteiger partial charge < -0.3 is 22.0 Å². The molecule has 114 valence electrons. The molecule has 0 radical (unpaired) electrons. The van der Waals surface area contributed by atoms with E-state index in [4.69, 9.17) is 4.74 Å². The summed E-state index contributed by atoms with van der Waals surface area (Å²) in [6.45, 7) is 1.22. The Bertz CT molecular complexity index is 520. The Labute approximate surface area is 134 Å². The molecule has 0 amide bonds. The maximum atomic E-state index is 5.19. The molecule has 1 N–H and O–H groups in total. The van der Waals surface area contributed by atoms with Crippen molar-refractivity contribution in [1.82, 2.24) is 0 Å². The summed E-state index contributed by atoms with van der Waals surface area (Å²) in [4.78, 5) is 1.51. The van der Waals surface area contributed by atoms with Gasteiger partial charge in [-0.25, -0.2) is 0 Å². The van der Waals surface area contributed by atoms with Gasteiger partial charge in [-0.1, -0.05) is 36.4 Å². The van der Waals surface area contributed by atoms with Crippen LogP contribution in [0.1, 0.15) is 12.0 Å². The van der Waals surface area contributed by atoms with Gasteiger partial charge in [0.2, 0.25) is 0 Å². The average Bonchev–Trinajstić information content (AvgIpc) is 2.48. The molecule has 0 saturated heterocycles. The van der Waals surface area contributed by atoms with Gasteiger partial charge in [-0.05, 0) is 35.2 Å². The van der Waals surface area contributed by atoms with Crippen LogP contribution in [-0.4, -0.2) is 27.7 Å². The van der Waals surface area contributed by atoms with E-state index in [1.54, 1.807) is 7.11 Å². The minimum Gasteiger partial charge on any atom is -1.00 e. The van der Waals surface area contributed by atoms with Crippen LogP contribution in [0.15, 0.2) is 48.5 Å². The molecule has 0 spiro atoms. The fourth-order valence-corrected chi connectivity index (χ4v) is 2.29. The van der Waals surface area contributed by atoms with Crippen LogP contribution < -0.4 is 22.0 Å². The summed E-state index contributed by atoms with van der Waals surface area (Å²) in [5.41, 5.74) is 3.91. The second-order valence-corrected chi connectivity index (χ2v) is 5.49. The van der Waals surface area contributed by atoms with Crippen LogP contribution in [0.2, 0.25) is 0 Å². The summed E-state index contributed by atoms with van der Waals surface area (Å²) in [6, 6.07) is 17.1. The summed E-state index contributed by atoms with van der Waals surface area (Å²) in [5.74, 6) is 0.900. The van der Waals surface area contributed by atoms with Crippen LogP contribution in [0.5, 0.6) is 5.75 Å². The maximum absolute atomic E-state index is 5.19. The lowest BCUT2D eigenvalue weighted by atomic mass is 10.0. The summed E-state index contributed by atoms with van der Waals surface area (Å²) in [5, 5.41) is 0. The van der Waals surface area contributed by atoms with E-state index in [2.05, 4.69) is 50.5 Å². The quantitative estimate of drug-likeness (QED) is 0.756. The lowest BCUT2D eigenvalue weighted by Gasteiger charge is -2.08. The monoisotopic (exact) mass is 305 g/mol. The first-order chi connectivity index (χ1) is 9.69. The molecule has 0 aliphatic heterocycles. The summed E-state index contributed by atoms with van der Waals surface area (Å²) in [6.07, 6.45) is 2.40. The number of hydrogen-bond acceptors (Lipinski definition) is 1. The SMILES string of the molecule is COc1ccc(-c2ccc(CCC[NH+](C)C)cc2)cc1.[Cl-]. The van der Waals surface area contributed by atoms with Gasteiger partial charge in [0.25, 0.3) is 0 Å². The zero-order valence-electron chi connectivity index (χ0n) is 13.0. The fraction of sp³-hybridized carbons (Fsp3) is 0.333. The van der Waals surface area contributed by atoms with E-state index in [1.165, 1.54) is 34.6 Å². The molecule has 0 unspecified atom stereocenters. The first kappa shape index (κ1) is 17.5. The van der Waals surface area contributed by atoms with Crippen LogP contribution >= 0.6 is 0 Å². The molecule has 0 atom stereocenters. The number of quaternary nitrogens is 1. The Balaban J connectivity index is 0.00000220. The van der Waals surface area contributed by atoms with Gasteiger partial charge in [-0.15, -0.1) is 0 Å². The molecule has 3 heteroatoms. The first-order valence-electron chi connectivity index (χ1n) is 7.21. The fourth-order valence-electron chi connectivity index (χ4n) is 2.29. The van der Waals surface area contributed by atoms with Crippen LogP contribution in [0, 0.1) is 0 Å². The zero-order chi connectivity index (χ0) is 14.4. The Morgan fingerprint density at radius 1 is 0.857 bits per heavy atom. The molecular weight excluding hydrogens is 282 g/mol. The molecule has 0 saturated carbocycles. The summed E-state index contributed by atoms with van der Waals surface area (Å²) in [7, 11) is 6.10. The van der Waals surface area contributed by atoms with Crippen LogP contribution in [0.25, 0.3) is 11.1 Å². The van der Waals surface area contributed by atoms with E-state index in [-0.39, 0.29) is 12.4 Å². The van der Waals surface area contributed by atoms with E-state index in [0.717, 1.165) is 12.2 Å². The third-order valence-corrected chi connectivity index (χ3v) is 3.52. The van der Waals surface area contributed by atoms with Crippen molar-refractivity contribution in [2.24, 2.45) is 0 Å². The minimum atomic E-state index is 0. The van der Waals surface area contributed by atoms with Crippen LogP contribution in [-0.2, 0) is 6.42 Å². The highest BCUT2D eigenvalue weighted by Gasteiger charge is 2.00. The molecule has 0 heterocycles. The molecule has 2 aromatic carbocycles. The van der Waals surface area contributed by atoms with Gasteiger partial charge in [0.15, 0.2) is 0 Å². The molecular formula is C18H24ClNO. The molecule has 2 aromatic rings. The molecule has 21 heavy (non-hydrogen) atoms. The highest BCUT2D eigenvalue weighted by Crippen LogP contribution is 2.22. The van der Waals surface area contributed by atoms with Crippen molar-refractivity contribution < 1.29 is 22.0 Å². The molecule has 0 bridgehead atoms. The van der Waals surface area contributed by atoms with Crippen molar-refractivity contribution in [3.05, 3.63) is 54.1 Å². The molecule has 0 aliphatic carbocycles. The highest BCUT2D eigenvalue weighted by molar-refractivity contribution is 5.64. The predicted molar refractivity (Wildman–Crippen MR) is 84.4 cm³/mol. The van der Waals surface area contributed by atoms with Crippen molar-refractivity contribution in [3.63, 3.8) is 0 Å². The summed E-state index contributed by atoms with van der Waals surface area (Å²) < 4.78 is 5.19. The average molecular weight is 306 g/mol. The van der Waals surface area contributed by atoms with Crippen LogP contribution in [0.4, 0.5) is 0 Å². The van der Waals surface area contributed by atoms with Gasteiger partial charge >= 0.3 is 0 Å². The van der Waals surface area contributed by atoms with E-state index in [9.17, 15) is 0 Å². The molecule has 0 aromatic heterocycles. The van der Waals surface area contributed by atoms with Crippen molar-refractivity contribution >= 4 is 0 Å². The lowest BCUT2D eigenvalue weighted by Crippen LogP contribution is -3.05. The molecule has 2 rings (SSSR count). The Hall–Kier alpha value is -1.51. The maximum Gasteiger partial charge on any atom is 0.118 e. The number of rotatable bonds is 6. The second kappa shape index (κ2) is 8.71. The minimum absolute atomic E-state index is 0. The number of benzene rings is 2. The number of ether oxygens (including phenoxy) is 1. The Kier molecular flexibility index (Phi) is 7.27. The lowest BCUT2D eigenvalue weighted by molar-refractivity contribution is -0.858. The predicted octanol–water partition coefficient (Wildman–Crippen LogP) is -0.557. The third kappa shape index (κ3) is 5.41. The van der Waals surface area contributed by atoms with E-state index >= 15 is 0 Å². The number of aryl methyl sites for hydroxylation is 1. The zero-order valence-corrected chi connectivity index (χ0v) is 13.8. The molecule has 2 nitrogen and oxygen atoms in total. The van der Waals surface area contributed by atoms with E-state index in [1.807, 2.05) is 12.1 Å². The molecule has 0 aliphatic rings. The highest BCUT2D eigenvalue weighted by atomic mass is 35.5. The standard InChI is InChI=1S/C18H23NO.ClH/c1-19(2)14-4-5-15-6-8-16(9-7-15)17-10-12-18(20-3)13-11-17;/h6-13H,4-5,14H2,1-3H3;1H. The Morgan fingerprint density at radius 3 is 1.86 bits per heavy atom. The first-order valence-corrected chi connectivity index (χ1v) is 7.21. The molecule has 0 fully saturated rings. The van der Waals surface area contributed by atoms with E-state index in [0.29, 0.717) is 0 Å². The van der Waals surface area contributed by atoms with Gasteiger partial charge in [-0.3, -0.25) is 0 Å². The number of nitrogens with one attached hydrogen (secondary N) is 1. The van der Waals surface area contributed by atoms with Crippen molar-refractivity contribution in [2.75, 3.05) is 27.7 Å². The van der Waals surface area contributed by atoms with Crippen molar-refractivity contribution in [3.8, 4) is 16.9 Å². The van der Waals surface area contributed by atoms with Gasteiger partial charge in [0.1, 0.15) is 5.75 Å². The smallest absolute Gasteiger partial charge is 0.118 e. The third-order valence-electron chi connectivity index (χ3n) is 3.52. The van der Waals surface area contributed by atoms with Gasteiger partial charge in [0.05, 0.1) is 27.7 Å². The van der Waals surface area contributed by atoms with Crippen LogP contribution in [0.3, 0.4) is 0 Å². The van der Waals surface area contributed by atoms with Crippen molar-refractivity contribution in [1.29, 1.82) is 0 Å². The normalized spacial score (nSPS) is 10.3. The van der Waals surface area contributed by atoms with Crippen molar-refractivity contribution in [2.45, 2.75) is 12.8 Å². The summed E-state index contributed by atoms with van der Waals surface area (Å²) >= 11 is 0. The largest absolute Gasteiger partial charge is 1.00 e. The number of halogens is 1. The Morgan fingerprint density at radius 2 is 1.38 bits per heavy atom. The van der Waals surface area contributed by atoms with E-state index < -0.39 is 0 Å². The van der Waals surface area contributed by atoms with Gasteiger partial charge in [0, 0.05) is 6.42 Å². The van der Waals surface area contributed by atoms with Gasteiger partial charge in [-0.2, -0.15) is 0 Å². The number of methoxy groups -OCH3 is 1.